The van der Waals surface area contributed by atoms with Crippen LogP contribution in [0, 0.1) is 0 Å². The fourth-order valence-corrected chi connectivity index (χ4v) is 3.13. The van der Waals surface area contributed by atoms with Gasteiger partial charge in [-0.25, -0.2) is 0 Å². The quantitative estimate of drug-likeness (QED) is 0.541. The molecule has 0 saturated heterocycles. The number of carbonyl (C=O) groups is 1. The highest BCUT2D eigenvalue weighted by Crippen LogP contribution is 2.30. The standard InChI is InChI=1S/C25H32ClNO/c1-8-9-22(17-10-12-21(26)13-11-17)27-23(28)18-14-19(24(2,3)4)16-20(15-18)25(5,6)7/h8,10-16,22H,1,9H2,2-7H3,(H,27,28)/t22-/m1/s1. The van der Waals surface area contributed by atoms with E-state index in [1.807, 2.05) is 42.5 Å². The summed E-state index contributed by atoms with van der Waals surface area (Å²) in [5, 5.41) is 3.85. The molecule has 1 N–H and O–H groups in total. The predicted molar refractivity (Wildman–Crippen MR) is 120 cm³/mol. The van der Waals surface area contributed by atoms with Crippen molar-refractivity contribution in [3.8, 4) is 0 Å². The summed E-state index contributed by atoms with van der Waals surface area (Å²) in [5.74, 6) is -0.0709. The maximum atomic E-state index is 13.2. The molecule has 0 bridgehead atoms. The van der Waals surface area contributed by atoms with Crippen molar-refractivity contribution < 1.29 is 4.79 Å². The average Bonchev–Trinajstić information content (AvgIpc) is 2.60. The summed E-state index contributed by atoms with van der Waals surface area (Å²) in [6, 6.07) is 13.7. The van der Waals surface area contributed by atoms with Crippen LogP contribution in [0.25, 0.3) is 0 Å². The molecule has 2 aromatic rings. The third-order valence-electron chi connectivity index (χ3n) is 4.91. The Kier molecular flexibility index (Phi) is 6.77. The molecule has 1 atom stereocenters. The first-order valence-corrected chi connectivity index (χ1v) is 10.1. The number of carbonyl (C=O) groups excluding carboxylic acids is 1. The first kappa shape index (κ1) is 22.2. The minimum atomic E-state index is -0.140. The maximum absolute atomic E-state index is 13.2. The molecule has 2 nitrogen and oxygen atoms in total. The lowest BCUT2D eigenvalue weighted by molar-refractivity contribution is 0.0936. The highest BCUT2D eigenvalue weighted by molar-refractivity contribution is 6.30. The van der Waals surface area contributed by atoms with Gasteiger partial charge in [-0.15, -0.1) is 6.58 Å². The zero-order chi connectivity index (χ0) is 21.1. The second-order valence-electron chi connectivity index (χ2n) is 9.40. The number of amides is 1. The monoisotopic (exact) mass is 397 g/mol. The number of benzene rings is 2. The van der Waals surface area contributed by atoms with Crippen molar-refractivity contribution in [2.24, 2.45) is 0 Å². The fraction of sp³-hybridized carbons (Fsp3) is 0.400. The normalized spacial score (nSPS) is 13.1. The molecule has 2 aromatic carbocycles. The number of nitrogens with one attached hydrogen (secondary N) is 1. The Hall–Kier alpha value is -2.06. The molecule has 0 radical (unpaired) electrons. The Morgan fingerprint density at radius 2 is 1.50 bits per heavy atom. The van der Waals surface area contributed by atoms with Crippen molar-refractivity contribution >= 4 is 17.5 Å². The van der Waals surface area contributed by atoms with E-state index in [-0.39, 0.29) is 22.8 Å². The van der Waals surface area contributed by atoms with Crippen LogP contribution < -0.4 is 5.32 Å². The number of hydrogen-bond acceptors (Lipinski definition) is 1. The molecule has 0 aliphatic heterocycles. The van der Waals surface area contributed by atoms with Gasteiger partial charge in [-0.3, -0.25) is 4.79 Å². The van der Waals surface area contributed by atoms with Gasteiger partial charge in [0.1, 0.15) is 0 Å². The topological polar surface area (TPSA) is 29.1 Å². The molecule has 0 aliphatic carbocycles. The van der Waals surface area contributed by atoms with E-state index in [1.54, 1.807) is 0 Å². The minimum absolute atomic E-state index is 0.0347. The van der Waals surface area contributed by atoms with Crippen molar-refractivity contribution in [3.63, 3.8) is 0 Å². The molecule has 2 rings (SSSR count). The van der Waals surface area contributed by atoms with Gasteiger partial charge in [0.25, 0.3) is 5.91 Å². The molecular weight excluding hydrogens is 366 g/mol. The SMILES string of the molecule is C=CC[C@@H](NC(=O)c1cc(C(C)(C)C)cc(C(C)(C)C)c1)c1ccc(Cl)cc1. The van der Waals surface area contributed by atoms with Crippen LogP contribution in [0.4, 0.5) is 0 Å². The van der Waals surface area contributed by atoms with Gasteiger partial charge in [0.05, 0.1) is 6.04 Å². The van der Waals surface area contributed by atoms with Crippen molar-refractivity contribution in [1.82, 2.24) is 5.32 Å². The molecule has 0 spiro atoms. The Morgan fingerprint density at radius 1 is 1.00 bits per heavy atom. The van der Waals surface area contributed by atoms with Crippen molar-refractivity contribution in [1.29, 1.82) is 0 Å². The Morgan fingerprint density at radius 3 is 1.93 bits per heavy atom. The van der Waals surface area contributed by atoms with Crippen LogP contribution in [0.1, 0.15) is 81.1 Å². The molecule has 3 heteroatoms. The van der Waals surface area contributed by atoms with E-state index < -0.39 is 0 Å². The van der Waals surface area contributed by atoms with E-state index in [1.165, 1.54) is 0 Å². The van der Waals surface area contributed by atoms with Gasteiger partial charge in [-0.2, -0.15) is 0 Å². The number of halogens is 1. The zero-order valence-electron chi connectivity index (χ0n) is 17.9. The van der Waals surface area contributed by atoms with Gasteiger partial charge >= 0.3 is 0 Å². The number of rotatable bonds is 5. The van der Waals surface area contributed by atoms with Crippen LogP contribution >= 0.6 is 11.6 Å². The maximum Gasteiger partial charge on any atom is 0.251 e. The largest absolute Gasteiger partial charge is 0.345 e. The van der Waals surface area contributed by atoms with Crippen molar-refractivity contribution in [2.75, 3.05) is 0 Å². The fourth-order valence-electron chi connectivity index (χ4n) is 3.01. The summed E-state index contributed by atoms with van der Waals surface area (Å²) in [4.78, 5) is 13.2. The van der Waals surface area contributed by atoms with Gasteiger partial charge in [0.2, 0.25) is 0 Å². The molecule has 0 fully saturated rings. The Balaban J connectivity index is 2.40. The lowest BCUT2D eigenvalue weighted by Gasteiger charge is -2.26. The summed E-state index contributed by atoms with van der Waals surface area (Å²) >= 11 is 6.01. The van der Waals surface area contributed by atoms with E-state index in [2.05, 4.69) is 59.5 Å². The lowest BCUT2D eigenvalue weighted by atomic mass is 9.79. The molecule has 0 aromatic heterocycles. The van der Waals surface area contributed by atoms with Crippen LogP contribution in [-0.2, 0) is 10.8 Å². The molecule has 1 amide bonds. The first-order valence-electron chi connectivity index (χ1n) is 9.75. The molecule has 0 saturated carbocycles. The minimum Gasteiger partial charge on any atom is -0.345 e. The van der Waals surface area contributed by atoms with Gasteiger partial charge in [-0.1, -0.05) is 77.4 Å². The second-order valence-corrected chi connectivity index (χ2v) is 9.84. The van der Waals surface area contributed by atoms with Crippen LogP contribution in [0.3, 0.4) is 0 Å². The van der Waals surface area contributed by atoms with Crippen LogP contribution in [0.5, 0.6) is 0 Å². The second kappa shape index (κ2) is 8.53. The summed E-state index contributed by atoms with van der Waals surface area (Å²) in [6.07, 6.45) is 2.48. The van der Waals surface area contributed by atoms with E-state index in [4.69, 9.17) is 11.6 Å². The van der Waals surface area contributed by atoms with Crippen molar-refractivity contribution in [2.45, 2.75) is 64.8 Å². The van der Waals surface area contributed by atoms with E-state index in [9.17, 15) is 4.79 Å². The Labute approximate surface area is 175 Å². The summed E-state index contributed by atoms with van der Waals surface area (Å²) in [7, 11) is 0. The smallest absolute Gasteiger partial charge is 0.251 e. The van der Waals surface area contributed by atoms with Crippen molar-refractivity contribution in [3.05, 3.63) is 82.4 Å². The summed E-state index contributed by atoms with van der Waals surface area (Å²) in [6.45, 7) is 16.9. The molecule has 0 aliphatic rings. The predicted octanol–water partition coefficient (Wildman–Crippen LogP) is 6.98. The zero-order valence-corrected chi connectivity index (χ0v) is 18.7. The van der Waals surface area contributed by atoms with E-state index >= 15 is 0 Å². The molecular formula is C25H32ClNO. The summed E-state index contributed by atoms with van der Waals surface area (Å²) < 4.78 is 0. The highest BCUT2D eigenvalue weighted by atomic mass is 35.5. The van der Waals surface area contributed by atoms with Crippen LogP contribution in [0.2, 0.25) is 5.02 Å². The Bertz CT molecular complexity index is 806. The van der Waals surface area contributed by atoms with Gasteiger partial charge in [0, 0.05) is 10.6 Å². The van der Waals surface area contributed by atoms with E-state index in [0.29, 0.717) is 17.0 Å². The van der Waals surface area contributed by atoms with Gasteiger partial charge in [-0.05, 0) is 58.2 Å². The average molecular weight is 398 g/mol. The molecule has 150 valence electrons. The van der Waals surface area contributed by atoms with Gasteiger partial charge in [0.15, 0.2) is 0 Å². The summed E-state index contributed by atoms with van der Waals surface area (Å²) in [5.41, 5.74) is 3.97. The van der Waals surface area contributed by atoms with E-state index in [0.717, 1.165) is 16.7 Å². The van der Waals surface area contributed by atoms with Crippen LogP contribution in [0.15, 0.2) is 55.1 Å². The third-order valence-corrected chi connectivity index (χ3v) is 5.16. The van der Waals surface area contributed by atoms with Crippen LogP contribution in [-0.4, -0.2) is 5.91 Å². The number of hydrogen-bond donors (Lipinski definition) is 1. The highest BCUT2D eigenvalue weighted by Gasteiger charge is 2.23. The van der Waals surface area contributed by atoms with Gasteiger partial charge < -0.3 is 5.32 Å². The molecule has 0 unspecified atom stereocenters. The lowest BCUT2D eigenvalue weighted by Crippen LogP contribution is -2.29. The molecule has 28 heavy (non-hydrogen) atoms. The third kappa shape index (κ3) is 5.72. The first-order chi connectivity index (χ1) is 12.9. The molecule has 0 heterocycles.